The fraction of sp³-hybridized carbons (Fsp3) is 0.933. The summed E-state index contributed by atoms with van der Waals surface area (Å²) in [6.07, 6.45) is 5.49. The van der Waals surface area contributed by atoms with Crippen LogP contribution in [0.25, 0.3) is 0 Å². The quantitative estimate of drug-likeness (QED) is 0.724. The monoisotopic (exact) mass is 341 g/mol. The molecule has 0 bridgehead atoms. The van der Waals surface area contributed by atoms with Gasteiger partial charge < -0.3 is 14.7 Å². The minimum Gasteiger partial charge on any atom is -0.457 e. The SMILES string of the molecule is C[CH-]N1CCC(CN2CCC(N(C)C)CC2)CC1.[Y]. The molecule has 0 N–H and O–H groups in total. The Morgan fingerprint density at radius 3 is 2.05 bits per heavy atom. The van der Waals surface area contributed by atoms with Gasteiger partial charge in [0.1, 0.15) is 0 Å². The second kappa shape index (κ2) is 9.09. The van der Waals surface area contributed by atoms with Gasteiger partial charge in [-0.05, 0) is 71.9 Å². The van der Waals surface area contributed by atoms with Crippen molar-refractivity contribution in [3.63, 3.8) is 0 Å². The van der Waals surface area contributed by atoms with Gasteiger partial charge in [-0.3, -0.25) is 6.54 Å². The van der Waals surface area contributed by atoms with Gasteiger partial charge in [-0.25, -0.2) is 0 Å². The summed E-state index contributed by atoms with van der Waals surface area (Å²) < 4.78 is 0. The van der Waals surface area contributed by atoms with E-state index in [4.69, 9.17) is 0 Å². The fourth-order valence-electron chi connectivity index (χ4n) is 3.38. The molecule has 0 aromatic carbocycles. The molecule has 2 aliphatic heterocycles. The summed E-state index contributed by atoms with van der Waals surface area (Å²) in [6, 6.07) is 0.817. The second-order valence-electron chi connectivity index (χ2n) is 6.23. The Morgan fingerprint density at radius 1 is 1.00 bits per heavy atom. The summed E-state index contributed by atoms with van der Waals surface area (Å²) in [5, 5.41) is 0. The van der Waals surface area contributed by atoms with Crippen LogP contribution in [0.5, 0.6) is 0 Å². The van der Waals surface area contributed by atoms with Crippen LogP contribution in [0.3, 0.4) is 0 Å². The molecule has 2 heterocycles. The Hall–Kier alpha value is 0.984. The van der Waals surface area contributed by atoms with Crippen LogP contribution in [0.2, 0.25) is 0 Å². The maximum atomic E-state index is 2.70. The van der Waals surface area contributed by atoms with E-state index in [0.29, 0.717) is 0 Å². The minimum atomic E-state index is 0. The van der Waals surface area contributed by atoms with Gasteiger partial charge in [0.2, 0.25) is 0 Å². The van der Waals surface area contributed by atoms with Crippen LogP contribution in [0.15, 0.2) is 0 Å². The molecule has 19 heavy (non-hydrogen) atoms. The molecular weight excluding hydrogens is 311 g/mol. The molecule has 0 amide bonds. The Labute approximate surface area is 144 Å². The van der Waals surface area contributed by atoms with Crippen LogP contribution in [0.4, 0.5) is 0 Å². The number of rotatable bonds is 4. The number of piperidine rings is 2. The van der Waals surface area contributed by atoms with Crippen molar-refractivity contribution >= 4 is 0 Å². The van der Waals surface area contributed by atoms with Crippen LogP contribution < -0.4 is 0 Å². The molecule has 4 heteroatoms. The summed E-state index contributed by atoms with van der Waals surface area (Å²) in [5.41, 5.74) is 0. The van der Waals surface area contributed by atoms with E-state index in [2.05, 4.69) is 42.3 Å². The topological polar surface area (TPSA) is 9.72 Å². The third-order valence-electron chi connectivity index (χ3n) is 4.82. The molecule has 0 saturated carbocycles. The van der Waals surface area contributed by atoms with Gasteiger partial charge in [-0.2, -0.15) is 6.92 Å². The number of likely N-dealkylation sites (tertiary alicyclic amines) is 2. The Morgan fingerprint density at radius 2 is 1.58 bits per heavy atom. The molecule has 109 valence electrons. The summed E-state index contributed by atoms with van der Waals surface area (Å²) >= 11 is 0. The Kier molecular flexibility index (Phi) is 8.63. The van der Waals surface area contributed by atoms with Crippen molar-refractivity contribution in [2.75, 3.05) is 46.8 Å². The largest absolute Gasteiger partial charge is 0.457 e. The van der Waals surface area contributed by atoms with E-state index in [1.54, 1.807) is 0 Å². The normalized spacial score (nSPS) is 24.6. The van der Waals surface area contributed by atoms with E-state index >= 15 is 0 Å². The van der Waals surface area contributed by atoms with Crippen molar-refractivity contribution in [2.45, 2.75) is 38.6 Å². The molecule has 2 aliphatic rings. The van der Waals surface area contributed by atoms with Crippen LogP contribution in [0, 0.1) is 12.5 Å². The molecule has 3 nitrogen and oxygen atoms in total. The second-order valence-corrected chi connectivity index (χ2v) is 6.23. The Bertz CT molecular complexity index is 232. The van der Waals surface area contributed by atoms with Gasteiger partial charge in [-0.15, -0.1) is 0 Å². The van der Waals surface area contributed by atoms with Gasteiger partial charge >= 0.3 is 0 Å². The third-order valence-corrected chi connectivity index (χ3v) is 4.82. The third kappa shape index (κ3) is 5.70. The predicted octanol–water partition coefficient (Wildman–Crippen LogP) is 1.90. The molecule has 0 aromatic rings. The van der Waals surface area contributed by atoms with Gasteiger partial charge in [-0.1, -0.05) is 0 Å². The molecular formula is C15H30N3Y-. The average molecular weight is 341 g/mol. The predicted molar refractivity (Wildman–Crippen MR) is 77.4 cm³/mol. The maximum Gasteiger partial charge on any atom is 0.0113 e. The first-order chi connectivity index (χ1) is 8.69. The van der Waals surface area contributed by atoms with Crippen LogP contribution in [-0.2, 0) is 32.7 Å². The first-order valence-electron chi connectivity index (χ1n) is 7.61. The standard InChI is InChI=1S/C15H30N3.Y/c1-4-17-9-5-14(6-10-17)13-18-11-7-15(8-12-18)16(2)3;/h4,14-15H,5-13H2,1-3H3;/q-1;. The Balaban J connectivity index is 0.00000180. The van der Waals surface area contributed by atoms with Crippen molar-refractivity contribution in [2.24, 2.45) is 5.92 Å². The fourth-order valence-corrected chi connectivity index (χ4v) is 3.38. The van der Waals surface area contributed by atoms with Crippen molar-refractivity contribution in [1.82, 2.24) is 14.7 Å². The zero-order valence-corrected chi connectivity index (χ0v) is 15.9. The molecule has 0 aromatic heterocycles. The average Bonchev–Trinajstić information content (AvgIpc) is 2.40. The van der Waals surface area contributed by atoms with E-state index in [1.165, 1.54) is 58.4 Å². The molecule has 2 rings (SSSR count). The molecule has 2 saturated heterocycles. The molecule has 0 spiro atoms. The molecule has 1 radical (unpaired) electrons. The zero-order valence-electron chi connectivity index (χ0n) is 13.0. The van der Waals surface area contributed by atoms with Crippen LogP contribution in [0.1, 0.15) is 32.6 Å². The van der Waals surface area contributed by atoms with Crippen molar-refractivity contribution in [3.05, 3.63) is 6.54 Å². The van der Waals surface area contributed by atoms with Crippen molar-refractivity contribution in [1.29, 1.82) is 0 Å². The van der Waals surface area contributed by atoms with E-state index < -0.39 is 0 Å². The van der Waals surface area contributed by atoms with Gasteiger partial charge in [0, 0.05) is 45.3 Å². The van der Waals surface area contributed by atoms with Gasteiger partial charge in [0.25, 0.3) is 0 Å². The van der Waals surface area contributed by atoms with E-state index in [9.17, 15) is 0 Å². The van der Waals surface area contributed by atoms with Gasteiger partial charge in [0.15, 0.2) is 0 Å². The number of nitrogens with zero attached hydrogens (tertiary/aromatic N) is 3. The van der Waals surface area contributed by atoms with E-state index in [1.807, 2.05) is 0 Å². The zero-order chi connectivity index (χ0) is 13.0. The number of hydrogen-bond donors (Lipinski definition) is 0. The summed E-state index contributed by atoms with van der Waals surface area (Å²) in [7, 11) is 4.44. The van der Waals surface area contributed by atoms with E-state index in [-0.39, 0.29) is 32.7 Å². The minimum absolute atomic E-state index is 0. The van der Waals surface area contributed by atoms with Crippen LogP contribution in [-0.4, -0.2) is 67.6 Å². The van der Waals surface area contributed by atoms with Crippen molar-refractivity contribution in [3.8, 4) is 0 Å². The van der Waals surface area contributed by atoms with Crippen molar-refractivity contribution < 1.29 is 32.7 Å². The number of hydrogen-bond acceptors (Lipinski definition) is 3. The van der Waals surface area contributed by atoms with Gasteiger partial charge in [0.05, 0.1) is 0 Å². The van der Waals surface area contributed by atoms with E-state index in [0.717, 1.165) is 12.0 Å². The first kappa shape index (κ1) is 18.0. The summed E-state index contributed by atoms with van der Waals surface area (Å²) in [4.78, 5) is 7.57. The molecule has 0 atom stereocenters. The summed E-state index contributed by atoms with van der Waals surface area (Å²) in [6.45, 7) is 10.9. The maximum absolute atomic E-state index is 2.70. The smallest absolute Gasteiger partial charge is 0.0113 e. The molecule has 2 fully saturated rings. The first-order valence-corrected chi connectivity index (χ1v) is 7.61. The van der Waals surface area contributed by atoms with Crippen LogP contribution >= 0.6 is 0 Å². The molecule has 0 aliphatic carbocycles. The molecule has 0 unspecified atom stereocenters. The summed E-state index contributed by atoms with van der Waals surface area (Å²) in [5.74, 6) is 0.942.